The van der Waals surface area contributed by atoms with E-state index in [2.05, 4.69) is 24.3 Å². The van der Waals surface area contributed by atoms with Gasteiger partial charge in [0, 0.05) is 30.4 Å². The molecule has 0 unspecified atom stereocenters. The molecule has 3 fully saturated rings. The summed E-state index contributed by atoms with van der Waals surface area (Å²) in [6, 6.07) is 18.2. The van der Waals surface area contributed by atoms with Crippen molar-refractivity contribution >= 4 is 0 Å². The van der Waals surface area contributed by atoms with Gasteiger partial charge in [-0.2, -0.15) is 0 Å². The Labute approximate surface area is 296 Å². The van der Waals surface area contributed by atoms with Gasteiger partial charge in [-0.25, -0.2) is 0 Å². The molecule has 0 amide bonds. The highest BCUT2D eigenvalue weighted by molar-refractivity contribution is 5.57. The first-order chi connectivity index (χ1) is 24.2. The van der Waals surface area contributed by atoms with Gasteiger partial charge in [0.25, 0.3) is 0 Å². The molecule has 0 radical (unpaired) electrons. The van der Waals surface area contributed by atoms with Gasteiger partial charge in [-0.3, -0.25) is 0 Å². The average Bonchev–Trinajstić information content (AvgIpc) is 3.13. The highest BCUT2D eigenvalue weighted by atomic mass is 16.3. The SMILES string of the molecule is Oc1ccc(Cc2cc(C3(c4cc(Cc5ccc(O)cc5O)c(O)c(C5CCCCC5)c4)CCCCC3)cc(C3CCCCC3)c2O)c(O)c1. The highest BCUT2D eigenvalue weighted by Crippen LogP contribution is 2.51. The van der Waals surface area contributed by atoms with Crippen molar-refractivity contribution in [3.63, 3.8) is 0 Å². The fourth-order valence-electron chi connectivity index (χ4n) is 9.42. The van der Waals surface area contributed by atoms with Gasteiger partial charge < -0.3 is 30.6 Å². The zero-order valence-corrected chi connectivity index (χ0v) is 29.1. The maximum absolute atomic E-state index is 11.9. The molecule has 4 aromatic rings. The Morgan fingerprint density at radius 1 is 0.440 bits per heavy atom. The molecular weight excluding hydrogens is 624 g/mol. The summed E-state index contributed by atoms with van der Waals surface area (Å²) in [5.74, 6) is 1.20. The number of rotatable bonds is 8. The third kappa shape index (κ3) is 6.86. The zero-order chi connectivity index (χ0) is 34.8. The third-order valence-corrected chi connectivity index (χ3v) is 12.2. The predicted octanol–water partition coefficient (Wildman–Crippen LogP) is 10.4. The molecular formula is C44H52O6. The zero-order valence-electron chi connectivity index (χ0n) is 29.1. The second-order valence-electron chi connectivity index (χ2n) is 15.4. The summed E-state index contributed by atoms with van der Waals surface area (Å²) in [6.07, 6.45) is 17.0. The normalized spacial score (nSPS) is 18.6. The van der Waals surface area contributed by atoms with Crippen molar-refractivity contribution in [2.45, 2.75) is 126 Å². The number of hydrogen-bond donors (Lipinski definition) is 6. The maximum Gasteiger partial charge on any atom is 0.122 e. The molecule has 0 aromatic heterocycles. The standard InChI is InChI=1S/C44H52O6/c45-36-16-14-30(40(47)26-36)20-32-22-34(24-38(42(32)49)28-10-4-1-5-11-28)44(18-8-3-9-19-44)35-23-33(21-31-15-17-37(46)27-41(31)48)43(50)39(25-35)29-12-6-2-7-13-29/h14-17,22-29,45-50H,1-13,18-21H2. The van der Waals surface area contributed by atoms with E-state index >= 15 is 0 Å². The topological polar surface area (TPSA) is 121 Å². The van der Waals surface area contributed by atoms with Crippen LogP contribution in [0.25, 0.3) is 0 Å². The minimum Gasteiger partial charge on any atom is -0.508 e. The largest absolute Gasteiger partial charge is 0.508 e. The maximum atomic E-state index is 11.9. The van der Waals surface area contributed by atoms with Crippen LogP contribution in [-0.2, 0) is 18.3 Å². The van der Waals surface area contributed by atoms with E-state index in [1.807, 2.05) is 0 Å². The average molecular weight is 677 g/mol. The molecule has 0 heterocycles. The van der Waals surface area contributed by atoms with Gasteiger partial charge in [-0.05, 0) is 107 Å². The molecule has 3 saturated carbocycles. The molecule has 264 valence electrons. The van der Waals surface area contributed by atoms with E-state index in [9.17, 15) is 30.6 Å². The lowest BCUT2D eigenvalue weighted by atomic mass is 9.63. The molecule has 6 heteroatoms. The minimum absolute atomic E-state index is 0.00537. The van der Waals surface area contributed by atoms with Crippen LogP contribution in [0.1, 0.15) is 153 Å². The summed E-state index contributed by atoms with van der Waals surface area (Å²) >= 11 is 0. The number of hydrogen-bond acceptors (Lipinski definition) is 6. The van der Waals surface area contributed by atoms with Gasteiger partial charge in [0.2, 0.25) is 0 Å². The van der Waals surface area contributed by atoms with Crippen LogP contribution >= 0.6 is 0 Å². The Morgan fingerprint density at radius 2 is 0.840 bits per heavy atom. The van der Waals surface area contributed by atoms with Gasteiger partial charge >= 0.3 is 0 Å². The number of benzene rings is 4. The van der Waals surface area contributed by atoms with Crippen LogP contribution in [0.2, 0.25) is 0 Å². The lowest BCUT2D eigenvalue weighted by Gasteiger charge is -2.41. The lowest BCUT2D eigenvalue weighted by molar-refractivity contribution is 0.341. The molecule has 7 rings (SSSR count). The van der Waals surface area contributed by atoms with E-state index in [4.69, 9.17) is 0 Å². The Hall–Kier alpha value is -4.32. The fourth-order valence-corrected chi connectivity index (χ4v) is 9.42. The van der Waals surface area contributed by atoms with Crippen LogP contribution in [0.4, 0.5) is 0 Å². The van der Waals surface area contributed by atoms with Crippen molar-refractivity contribution < 1.29 is 30.6 Å². The van der Waals surface area contributed by atoms with Crippen LogP contribution in [0.3, 0.4) is 0 Å². The first-order valence-electron chi connectivity index (χ1n) is 19.0. The van der Waals surface area contributed by atoms with Gasteiger partial charge in [-0.1, -0.05) is 94.2 Å². The molecule has 6 nitrogen and oxygen atoms in total. The molecule has 6 N–H and O–H groups in total. The molecule has 50 heavy (non-hydrogen) atoms. The monoisotopic (exact) mass is 676 g/mol. The number of phenols is 6. The van der Waals surface area contributed by atoms with Crippen LogP contribution < -0.4 is 0 Å². The van der Waals surface area contributed by atoms with Crippen LogP contribution in [0, 0.1) is 0 Å². The van der Waals surface area contributed by atoms with E-state index < -0.39 is 0 Å². The molecule has 0 spiro atoms. The summed E-state index contributed by atoms with van der Waals surface area (Å²) < 4.78 is 0. The number of phenolic OH excluding ortho intramolecular Hbond substituents is 6. The fraction of sp³-hybridized carbons (Fsp3) is 0.455. The summed E-state index contributed by atoms with van der Waals surface area (Å²) in [6.45, 7) is 0. The first kappa shape index (κ1) is 34.1. The quantitative estimate of drug-likeness (QED) is 0.110. The summed E-state index contributed by atoms with van der Waals surface area (Å²) in [4.78, 5) is 0. The van der Waals surface area contributed by atoms with Crippen molar-refractivity contribution in [3.8, 4) is 34.5 Å². The van der Waals surface area contributed by atoms with Gasteiger partial charge in [0.15, 0.2) is 0 Å². The van der Waals surface area contributed by atoms with E-state index in [-0.39, 0.29) is 40.2 Å². The molecule has 0 atom stereocenters. The summed E-state index contributed by atoms with van der Waals surface area (Å²) in [5.41, 5.74) is 6.91. The molecule has 0 aliphatic heterocycles. The van der Waals surface area contributed by atoms with Gasteiger partial charge in [0.05, 0.1) is 0 Å². The lowest BCUT2D eigenvalue weighted by Crippen LogP contribution is -2.31. The molecule has 4 aromatic carbocycles. The first-order valence-corrected chi connectivity index (χ1v) is 19.0. The second-order valence-corrected chi connectivity index (χ2v) is 15.4. The van der Waals surface area contributed by atoms with Crippen molar-refractivity contribution in [3.05, 3.63) is 105 Å². The Balaban J connectivity index is 1.41. The smallest absolute Gasteiger partial charge is 0.122 e. The summed E-state index contributed by atoms with van der Waals surface area (Å²) in [7, 11) is 0. The van der Waals surface area contributed by atoms with Crippen molar-refractivity contribution in [1.29, 1.82) is 0 Å². The Bertz CT molecular complexity index is 1700. The van der Waals surface area contributed by atoms with Crippen LogP contribution in [0.15, 0.2) is 60.7 Å². The summed E-state index contributed by atoms with van der Waals surface area (Å²) in [5, 5.41) is 65.4. The Morgan fingerprint density at radius 3 is 1.24 bits per heavy atom. The van der Waals surface area contributed by atoms with Crippen molar-refractivity contribution in [2.24, 2.45) is 0 Å². The van der Waals surface area contributed by atoms with Crippen molar-refractivity contribution in [1.82, 2.24) is 0 Å². The molecule has 0 saturated heterocycles. The minimum atomic E-state index is -0.343. The van der Waals surface area contributed by atoms with Gasteiger partial charge in [0.1, 0.15) is 34.5 Å². The van der Waals surface area contributed by atoms with E-state index in [0.717, 1.165) is 106 Å². The van der Waals surface area contributed by atoms with E-state index in [0.29, 0.717) is 35.5 Å². The third-order valence-electron chi connectivity index (χ3n) is 12.2. The van der Waals surface area contributed by atoms with Crippen LogP contribution in [0.5, 0.6) is 34.5 Å². The van der Waals surface area contributed by atoms with Crippen LogP contribution in [-0.4, -0.2) is 30.6 Å². The van der Waals surface area contributed by atoms with Gasteiger partial charge in [-0.15, -0.1) is 0 Å². The number of aromatic hydroxyl groups is 6. The highest BCUT2D eigenvalue weighted by Gasteiger charge is 2.39. The Kier molecular flexibility index (Phi) is 9.90. The van der Waals surface area contributed by atoms with E-state index in [1.54, 1.807) is 24.3 Å². The van der Waals surface area contributed by atoms with E-state index in [1.165, 1.54) is 36.1 Å². The van der Waals surface area contributed by atoms with Crippen molar-refractivity contribution in [2.75, 3.05) is 0 Å². The molecule has 3 aliphatic carbocycles. The molecule has 0 bridgehead atoms. The molecule has 3 aliphatic rings. The predicted molar refractivity (Wildman–Crippen MR) is 197 cm³/mol. The second kappa shape index (κ2) is 14.5.